The van der Waals surface area contributed by atoms with Crippen molar-refractivity contribution in [1.29, 1.82) is 0 Å². The summed E-state index contributed by atoms with van der Waals surface area (Å²) < 4.78 is 0. The number of rotatable bonds is 1. The van der Waals surface area contributed by atoms with Crippen LogP contribution in [0.15, 0.2) is 27.9 Å². The quantitative estimate of drug-likeness (QED) is 0.733. The van der Waals surface area contributed by atoms with Gasteiger partial charge in [-0.05, 0) is 13.0 Å². The molecule has 4 nitrogen and oxygen atoms in total. The van der Waals surface area contributed by atoms with Crippen molar-refractivity contribution in [2.24, 2.45) is 10.9 Å². The Labute approximate surface area is 116 Å². The summed E-state index contributed by atoms with van der Waals surface area (Å²) >= 11 is 6.13. The highest BCUT2D eigenvalue weighted by molar-refractivity contribution is 6.31. The van der Waals surface area contributed by atoms with E-state index in [2.05, 4.69) is 4.99 Å². The number of ketones is 2. The minimum Gasteiger partial charge on any atom is -0.366 e. The standard InChI is InChI=1S/C14H15ClN2O2/c1-8(18)11-7-14-10(12(19)3-4-16-14)5-9(15)6-13(14)17(11)2/h4-6,10-11H,3,7H2,1-2H3. The molecule has 1 spiro atoms. The number of carbonyl (C=O) groups excluding carboxylic acids is 2. The molecule has 3 aliphatic rings. The molecule has 1 saturated heterocycles. The van der Waals surface area contributed by atoms with E-state index in [1.165, 1.54) is 0 Å². The number of likely N-dealkylation sites (tertiary alicyclic amines) is 1. The topological polar surface area (TPSA) is 49.7 Å². The number of Topliss-reactive ketones (excluding diaryl/α,β-unsaturated/α-hetero) is 2. The third-order valence-electron chi connectivity index (χ3n) is 4.34. The number of aliphatic imine (C=N–C) groups is 1. The van der Waals surface area contributed by atoms with E-state index >= 15 is 0 Å². The van der Waals surface area contributed by atoms with E-state index in [1.807, 2.05) is 18.0 Å². The zero-order valence-corrected chi connectivity index (χ0v) is 11.6. The van der Waals surface area contributed by atoms with Crippen LogP contribution in [0.1, 0.15) is 19.8 Å². The third kappa shape index (κ3) is 1.62. The summed E-state index contributed by atoms with van der Waals surface area (Å²) in [7, 11) is 1.87. The molecule has 0 aromatic heterocycles. The van der Waals surface area contributed by atoms with E-state index in [0.29, 0.717) is 17.9 Å². The molecule has 3 atom stereocenters. The molecule has 0 aromatic carbocycles. The van der Waals surface area contributed by atoms with Crippen LogP contribution in [-0.4, -0.2) is 41.3 Å². The Morgan fingerprint density at radius 1 is 1.58 bits per heavy atom. The van der Waals surface area contributed by atoms with Crippen LogP contribution in [0.5, 0.6) is 0 Å². The molecule has 2 heterocycles. The molecular weight excluding hydrogens is 264 g/mol. The molecule has 0 bridgehead atoms. The van der Waals surface area contributed by atoms with Gasteiger partial charge in [-0.15, -0.1) is 0 Å². The number of hydrogen-bond donors (Lipinski definition) is 0. The first-order valence-electron chi connectivity index (χ1n) is 6.35. The van der Waals surface area contributed by atoms with Gasteiger partial charge >= 0.3 is 0 Å². The maximum Gasteiger partial charge on any atom is 0.152 e. The van der Waals surface area contributed by atoms with Crippen molar-refractivity contribution in [1.82, 2.24) is 4.90 Å². The van der Waals surface area contributed by atoms with Gasteiger partial charge in [0.25, 0.3) is 0 Å². The highest BCUT2D eigenvalue weighted by Crippen LogP contribution is 2.50. The number of carbonyl (C=O) groups is 2. The number of hydrogen-bond acceptors (Lipinski definition) is 4. The molecule has 2 aliphatic heterocycles. The monoisotopic (exact) mass is 278 g/mol. The lowest BCUT2D eigenvalue weighted by Gasteiger charge is -2.37. The predicted octanol–water partition coefficient (Wildman–Crippen LogP) is 1.70. The zero-order chi connectivity index (χ0) is 13.8. The molecule has 0 saturated carbocycles. The highest BCUT2D eigenvalue weighted by Gasteiger charge is 2.56. The van der Waals surface area contributed by atoms with Gasteiger partial charge in [0.2, 0.25) is 0 Å². The van der Waals surface area contributed by atoms with Crippen molar-refractivity contribution in [2.75, 3.05) is 7.05 Å². The van der Waals surface area contributed by atoms with Gasteiger partial charge in [0, 0.05) is 36.8 Å². The first-order valence-corrected chi connectivity index (χ1v) is 6.73. The average Bonchev–Trinajstić information content (AvgIpc) is 2.63. The van der Waals surface area contributed by atoms with Crippen molar-refractivity contribution in [3.8, 4) is 0 Å². The summed E-state index contributed by atoms with van der Waals surface area (Å²) in [6, 6.07) is -0.229. The summed E-state index contributed by atoms with van der Waals surface area (Å²) in [5, 5.41) is 0.553. The van der Waals surface area contributed by atoms with Crippen LogP contribution < -0.4 is 0 Å². The van der Waals surface area contributed by atoms with Gasteiger partial charge in [0.1, 0.15) is 11.3 Å². The molecule has 100 valence electrons. The van der Waals surface area contributed by atoms with Crippen molar-refractivity contribution >= 4 is 29.4 Å². The van der Waals surface area contributed by atoms with Crippen molar-refractivity contribution < 1.29 is 9.59 Å². The van der Waals surface area contributed by atoms with E-state index in [4.69, 9.17) is 11.6 Å². The fourth-order valence-electron chi connectivity index (χ4n) is 3.40. The molecule has 3 unspecified atom stereocenters. The number of likely N-dealkylation sites (N-methyl/N-ethyl adjacent to an activating group) is 1. The molecule has 1 aliphatic carbocycles. The molecule has 1 fully saturated rings. The first-order chi connectivity index (χ1) is 8.95. The molecule has 0 amide bonds. The Balaban J connectivity index is 2.15. The summed E-state index contributed by atoms with van der Waals surface area (Å²) in [5.41, 5.74) is 0.272. The summed E-state index contributed by atoms with van der Waals surface area (Å²) in [5.74, 6) is -0.122. The van der Waals surface area contributed by atoms with Gasteiger partial charge < -0.3 is 4.90 Å². The van der Waals surface area contributed by atoms with E-state index in [-0.39, 0.29) is 23.5 Å². The molecular formula is C14H15ClN2O2. The minimum atomic E-state index is -0.612. The van der Waals surface area contributed by atoms with E-state index in [9.17, 15) is 9.59 Å². The Hall–Kier alpha value is -1.42. The average molecular weight is 279 g/mol. The normalized spacial score (nSPS) is 36.6. The highest BCUT2D eigenvalue weighted by atomic mass is 35.5. The second-order valence-electron chi connectivity index (χ2n) is 5.41. The molecule has 5 heteroatoms. The Bertz CT molecular complexity index is 564. The van der Waals surface area contributed by atoms with Gasteiger partial charge in [0.15, 0.2) is 5.78 Å². The van der Waals surface area contributed by atoms with Crippen molar-refractivity contribution in [2.45, 2.75) is 31.3 Å². The second-order valence-corrected chi connectivity index (χ2v) is 5.84. The lowest BCUT2D eigenvalue weighted by molar-refractivity contribution is -0.123. The number of allylic oxidation sites excluding steroid dienone is 2. The fraction of sp³-hybridized carbons (Fsp3) is 0.500. The minimum absolute atomic E-state index is 0.0928. The van der Waals surface area contributed by atoms with Gasteiger partial charge in [-0.3, -0.25) is 14.6 Å². The maximum atomic E-state index is 12.2. The van der Waals surface area contributed by atoms with E-state index < -0.39 is 5.54 Å². The van der Waals surface area contributed by atoms with Gasteiger partial charge in [-0.25, -0.2) is 0 Å². The smallest absolute Gasteiger partial charge is 0.152 e. The van der Waals surface area contributed by atoms with Gasteiger partial charge in [0.05, 0.1) is 12.0 Å². The first kappa shape index (κ1) is 12.6. The van der Waals surface area contributed by atoms with Crippen LogP contribution in [0.25, 0.3) is 0 Å². The summed E-state index contributed by atoms with van der Waals surface area (Å²) in [6.07, 6.45) is 6.18. The predicted molar refractivity (Wildman–Crippen MR) is 73.2 cm³/mol. The molecule has 0 N–H and O–H groups in total. The summed E-state index contributed by atoms with van der Waals surface area (Å²) in [4.78, 5) is 30.5. The maximum absolute atomic E-state index is 12.2. The van der Waals surface area contributed by atoms with Gasteiger partial charge in [-0.2, -0.15) is 0 Å². The van der Waals surface area contributed by atoms with Crippen molar-refractivity contribution in [3.05, 3.63) is 22.9 Å². The molecule has 3 rings (SSSR count). The van der Waals surface area contributed by atoms with Crippen molar-refractivity contribution in [3.63, 3.8) is 0 Å². The van der Waals surface area contributed by atoms with Crippen LogP contribution in [0.3, 0.4) is 0 Å². The lowest BCUT2D eigenvalue weighted by atomic mass is 9.73. The zero-order valence-electron chi connectivity index (χ0n) is 10.9. The van der Waals surface area contributed by atoms with Crippen LogP contribution in [0.2, 0.25) is 0 Å². The summed E-state index contributed by atoms with van der Waals surface area (Å²) in [6.45, 7) is 1.58. The molecule has 0 aromatic rings. The Kier molecular flexibility index (Phi) is 2.68. The number of nitrogens with zero attached hydrogens (tertiary/aromatic N) is 2. The van der Waals surface area contributed by atoms with Crippen LogP contribution in [-0.2, 0) is 9.59 Å². The lowest BCUT2D eigenvalue weighted by Crippen LogP contribution is -2.44. The number of halogens is 1. The SMILES string of the molecule is CC(=O)C1CC23N=CCC(=O)C2C=C(Cl)C=C3N1C. The third-order valence-corrected chi connectivity index (χ3v) is 4.58. The molecule has 19 heavy (non-hydrogen) atoms. The Morgan fingerprint density at radius 2 is 2.32 bits per heavy atom. The largest absolute Gasteiger partial charge is 0.366 e. The van der Waals surface area contributed by atoms with E-state index in [0.717, 1.165) is 5.70 Å². The van der Waals surface area contributed by atoms with Crippen LogP contribution in [0, 0.1) is 5.92 Å². The van der Waals surface area contributed by atoms with Gasteiger partial charge in [-0.1, -0.05) is 17.7 Å². The van der Waals surface area contributed by atoms with Crippen LogP contribution in [0.4, 0.5) is 0 Å². The van der Waals surface area contributed by atoms with E-state index in [1.54, 1.807) is 19.2 Å². The molecule has 0 radical (unpaired) electrons. The second kappa shape index (κ2) is 4.04. The Morgan fingerprint density at radius 3 is 3.00 bits per heavy atom. The fourth-order valence-corrected chi connectivity index (χ4v) is 3.63. The van der Waals surface area contributed by atoms with Crippen LogP contribution >= 0.6 is 11.6 Å².